The molecule has 3 aromatic heterocycles. The maximum atomic E-state index is 6.87. The zero-order valence-corrected chi connectivity index (χ0v) is 20.5. The lowest BCUT2D eigenvalue weighted by atomic mass is 9.98. The first kappa shape index (κ1) is 21.0. The van der Waals surface area contributed by atoms with Gasteiger partial charge in [0.05, 0.1) is 27.6 Å². The van der Waals surface area contributed by atoms with Crippen molar-refractivity contribution in [3.63, 3.8) is 0 Å². The lowest BCUT2D eigenvalue weighted by Crippen LogP contribution is -1.95. The number of benzene rings is 5. The van der Waals surface area contributed by atoms with Crippen molar-refractivity contribution in [3.05, 3.63) is 134 Å². The SMILES string of the molecule is c1ccc(-c2oc3c(ccc4c3c3ccccc3n4-c3cccc4ncccc34)c2-c2ccccc2)cc1. The Bertz CT molecular complexity index is 2110. The van der Waals surface area contributed by atoms with Crippen molar-refractivity contribution in [2.45, 2.75) is 0 Å². The third-order valence-electron chi connectivity index (χ3n) is 7.45. The van der Waals surface area contributed by atoms with E-state index < -0.39 is 0 Å². The smallest absolute Gasteiger partial charge is 0.145 e. The van der Waals surface area contributed by atoms with Gasteiger partial charge in [0, 0.05) is 33.5 Å². The first-order chi connectivity index (χ1) is 18.9. The molecule has 0 saturated heterocycles. The van der Waals surface area contributed by atoms with Gasteiger partial charge >= 0.3 is 0 Å². The van der Waals surface area contributed by atoms with Gasteiger partial charge in [-0.25, -0.2) is 0 Å². The van der Waals surface area contributed by atoms with Crippen molar-refractivity contribution in [3.8, 4) is 28.1 Å². The second kappa shape index (κ2) is 8.19. The number of nitrogens with zero attached hydrogens (tertiary/aromatic N) is 2. The van der Waals surface area contributed by atoms with Gasteiger partial charge in [0.15, 0.2) is 0 Å². The van der Waals surface area contributed by atoms with Crippen LogP contribution in [0.25, 0.3) is 71.8 Å². The quantitative estimate of drug-likeness (QED) is 0.249. The molecule has 0 aliphatic heterocycles. The molecule has 8 aromatic rings. The Labute approximate surface area is 219 Å². The number of rotatable bonds is 3. The van der Waals surface area contributed by atoms with Crippen LogP contribution in [0.2, 0.25) is 0 Å². The highest BCUT2D eigenvalue weighted by Crippen LogP contribution is 2.46. The fourth-order valence-corrected chi connectivity index (χ4v) is 5.83. The average molecular weight is 487 g/mol. The van der Waals surface area contributed by atoms with Gasteiger partial charge in [-0.05, 0) is 48.0 Å². The zero-order valence-electron chi connectivity index (χ0n) is 20.5. The van der Waals surface area contributed by atoms with Crippen LogP contribution in [-0.4, -0.2) is 9.55 Å². The van der Waals surface area contributed by atoms with Crippen LogP contribution in [-0.2, 0) is 0 Å². The third kappa shape index (κ3) is 2.99. The van der Waals surface area contributed by atoms with Gasteiger partial charge in [-0.15, -0.1) is 0 Å². The number of aromatic nitrogens is 2. The Morgan fingerprint density at radius 2 is 1.26 bits per heavy atom. The Hall–Kier alpha value is -5.15. The molecule has 0 radical (unpaired) electrons. The summed E-state index contributed by atoms with van der Waals surface area (Å²) in [4.78, 5) is 4.61. The average Bonchev–Trinajstić information content (AvgIpc) is 3.54. The number of fused-ring (bicyclic) bond motifs is 6. The van der Waals surface area contributed by atoms with Crippen molar-refractivity contribution in [1.29, 1.82) is 0 Å². The van der Waals surface area contributed by atoms with E-state index in [9.17, 15) is 0 Å². The molecule has 0 aliphatic rings. The molecule has 3 heterocycles. The van der Waals surface area contributed by atoms with Crippen LogP contribution in [0, 0.1) is 0 Å². The molecule has 0 saturated carbocycles. The predicted molar refractivity (Wildman–Crippen MR) is 157 cm³/mol. The van der Waals surface area contributed by atoms with E-state index in [0.717, 1.165) is 66.4 Å². The van der Waals surface area contributed by atoms with E-state index in [0.29, 0.717) is 0 Å². The summed E-state index contributed by atoms with van der Waals surface area (Å²) < 4.78 is 9.22. The number of hydrogen-bond acceptors (Lipinski definition) is 2. The largest absolute Gasteiger partial charge is 0.455 e. The minimum absolute atomic E-state index is 0.894. The minimum Gasteiger partial charge on any atom is -0.455 e. The van der Waals surface area contributed by atoms with Crippen LogP contribution in [0.5, 0.6) is 0 Å². The van der Waals surface area contributed by atoms with Gasteiger partial charge in [0.1, 0.15) is 11.3 Å². The van der Waals surface area contributed by atoms with E-state index in [1.165, 1.54) is 5.39 Å². The lowest BCUT2D eigenvalue weighted by Gasteiger charge is -2.11. The molecule has 3 heteroatoms. The third-order valence-corrected chi connectivity index (χ3v) is 7.45. The number of para-hydroxylation sites is 1. The fourth-order valence-electron chi connectivity index (χ4n) is 5.83. The summed E-state index contributed by atoms with van der Waals surface area (Å²) in [6.07, 6.45) is 1.85. The Kier molecular flexibility index (Phi) is 4.52. The summed E-state index contributed by atoms with van der Waals surface area (Å²) in [5.74, 6) is 0.894. The normalized spacial score (nSPS) is 11.7. The van der Waals surface area contributed by atoms with E-state index in [2.05, 4.69) is 125 Å². The molecule has 0 fully saturated rings. The molecule has 3 nitrogen and oxygen atoms in total. The molecule has 0 N–H and O–H groups in total. The predicted octanol–water partition coefficient (Wildman–Crippen LogP) is 9.41. The van der Waals surface area contributed by atoms with Gasteiger partial charge in [-0.1, -0.05) is 84.9 Å². The molecule has 5 aromatic carbocycles. The summed E-state index contributed by atoms with van der Waals surface area (Å²) >= 11 is 0. The maximum Gasteiger partial charge on any atom is 0.145 e. The highest BCUT2D eigenvalue weighted by atomic mass is 16.3. The molecular weight excluding hydrogens is 464 g/mol. The van der Waals surface area contributed by atoms with Crippen molar-refractivity contribution in [1.82, 2.24) is 9.55 Å². The summed E-state index contributed by atoms with van der Waals surface area (Å²) in [5, 5.41) is 4.53. The van der Waals surface area contributed by atoms with Gasteiger partial charge in [-0.3, -0.25) is 4.98 Å². The molecule has 0 atom stereocenters. The topological polar surface area (TPSA) is 31.0 Å². The molecule has 38 heavy (non-hydrogen) atoms. The summed E-state index contributed by atoms with van der Waals surface area (Å²) in [5.41, 5.74) is 8.60. The maximum absolute atomic E-state index is 6.87. The van der Waals surface area contributed by atoms with Crippen LogP contribution in [0.1, 0.15) is 0 Å². The van der Waals surface area contributed by atoms with Gasteiger partial charge in [0.25, 0.3) is 0 Å². The first-order valence-corrected chi connectivity index (χ1v) is 12.8. The highest BCUT2D eigenvalue weighted by Gasteiger charge is 2.23. The molecule has 0 aliphatic carbocycles. The zero-order chi connectivity index (χ0) is 25.1. The van der Waals surface area contributed by atoms with Gasteiger partial charge in [0.2, 0.25) is 0 Å². The number of hydrogen-bond donors (Lipinski definition) is 0. The Morgan fingerprint density at radius 3 is 2.11 bits per heavy atom. The van der Waals surface area contributed by atoms with Crippen LogP contribution < -0.4 is 0 Å². The van der Waals surface area contributed by atoms with E-state index >= 15 is 0 Å². The van der Waals surface area contributed by atoms with Crippen molar-refractivity contribution < 1.29 is 4.42 Å². The Morgan fingerprint density at radius 1 is 0.526 bits per heavy atom. The van der Waals surface area contributed by atoms with E-state index in [4.69, 9.17) is 4.42 Å². The number of pyridine rings is 1. The minimum atomic E-state index is 0.894. The van der Waals surface area contributed by atoms with Gasteiger partial charge < -0.3 is 8.98 Å². The van der Waals surface area contributed by atoms with Crippen LogP contribution in [0.15, 0.2) is 138 Å². The summed E-state index contributed by atoms with van der Waals surface area (Å²) in [6.45, 7) is 0. The first-order valence-electron chi connectivity index (χ1n) is 12.8. The van der Waals surface area contributed by atoms with Crippen LogP contribution in [0.3, 0.4) is 0 Å². The summed E-state index contributed by atoms with van der Waals surface area (Å²) in [7, 11) is 0. The van der Waals surface area contributed by atoms with E-state index in [1.807, 2.05) is 18.3 Å². The summed E-state index contributed by atoms with van der Waals surface area (Å²) in [6, 6.07) is 44.5. The van der Waals surface area contributed by atoms with E-state index in [1.54, 1.807) is 0 Å². The molecule has 0 bridgehead atoms. The second-order valence-corrected chi connectivity index (χ2v) is 9.57. The van der Waals surface area contributed by atoms with Crippen molar-refractivity contribution in [2.24, 2.45) is 0 Å². The van der Waals surface area contributed by atoms with Crippen LogP contribution in [0.4, 0.5) is 0 Å². The standard InChI is InChI=1S/C35H22N2O/c1-3-11-23(12-4-1)32-27-20-21-31-33(35(27)38-34(32)24-13-5-2-6-14-24)26-15-7-8-18-30(26)37(31)29-19-9-17-28-25(29)16-10-22-36-28/h1-22H. The highest BCUT2D eigenvalue weighted by molar-refractivity contribution is 6.23. The van der Waals surface area contributed by atoms with Crippen molar-refractivity contribution in [2.75, 3.05) is 0 Å². The lowest BCUT2D eigenvalue weighted by molar-refractivity contribution is 0.636. The van der Waals surface area contributed by atoms with Crippen molar-refractivity contribution >= 4 is 43.7 Å². The van der Waals surface area contributed by atoms with Crippen LogP contribution >= 0.6 is 0 Å². The fraction of sp³-hybridized carbons (Fsp3) is 0. The molecular formula is C35H22N2O. The molecule has 0 unspecified atom stereocenters. The monoisotopic (exact) mass is 486 g/mol. The molecule has 8 rings (SSSR count). The van der Waals surface area contributed by atoms with Gasteiger partial charge in [-0.2, -0.15) is 0 Å². The second-order valence-electron chi connectivity index (χ2n) is 9.57. The molecule has 0 amide bonds. The molecule has 178 valence electrons. The Balaban J connectivity index is 1.54. The molecule has 0 spiro atoms. The van der Waals surface area contributed by atoms with E-state index in [-0.39, 0.29) is 0 Å². The number of furan rings is 1.